The summed E-state index contributed by atoms with van der Waals surface area (Å²) in [4.78, 5) is 11.3. The zero-order chi connectivity index (χ0) is 12.3. The normalized spacial score (nSPS) is 22.1. The summed E-state index contributed by atoms with van der Waals surface area (Å²) in [5, 5.41) is 13.6. The van der Waals surface area contributed by atoms with Gasteiger partial charge in [-0.05, 0) is 37.9 Å². The van der Waals surface area contributed by atoms with Crippen LogP contribution >= 0.6 is 0 Å². The second-order valence-corrected chi connectivity index (χ2v) is 4.73. The van der Waals surface area contributed by atoms with Gasteiger partial charge in [-0.1, -0.05) is 18.2 Å². The van der Waals surface area contributed by atoms with Gasteiger partial charge >= 0.3 is 0 Å². The summed E-state index contributed by atoms with van der Waals surface area (Å²) in [6.45, 7) is 3.44. The van der Waals surface area contributed by atoms with Crippen LogP contribution in [0.2, 0.25) is 0 Å². The average molecular weight is 233 g/mol. The van der Waals surface area contributed by atoms with E-state index in [9.17, 15) is 9.90 Å². The van der Waals surface area contributed by atoms with Crippen LogP contribution in [0.25, 0.3) is 0 Å². The Morgan fingerprint density at radius 3 is 3.00 bits per heavy atom. The fraction of sp³-hybridized carbons (Fsp3) is 0.500. The Kier molecular flexibility index (Phi) is 3.92. The van der Waals surface area contributed by atoms with Crippen LogP contribution in [0.15, 0.2) is 24.3 Å². The molecule has 1 aromatic rings. The topological polar surface area (TPSA) is 49.3 Å². The maximum absolute atomic E-state index is 11.3. The van der Waals surface area contributed by atoms with Crippen LogP contribution in [0.5, 0.6) is 0 Å². The molecule has 3 nitrogen and oxygen atoms in total. The van der Waals surface area contributed by atoms with Gasteiger partial charge in [-0.25, -0.2) is 0 Å². The van der Waals surface area contributed by atoms with Crippen LogP contribution in [0.3, 0.4) is 0 Å². The predicted molar refractivity (Wildman–Crippen MR) is 67.0 cm³/mol. The summed E-state index contributed by atoms with van der Waals surface area (Å²) >= 11 is 0. The van der Waals surface area contributed by atoms with Crippen molar-refractivity contribution < 1.29 is 9.90 Å². The molecule has 2 rings (SSSR count). The van der Waals surface area contributed by atoms with Gasteiger partial charge in [0.25, 0.3) is 0 Å². The van der Waals surface area contributed by atoms with E-state index < -0.39 is 6.10 Å². The first-order valence-electron chi connectivity index (χ1n) is 6.18. The number of Topliss-reactive ketones (excluding diaryl/α,β-unsaturated/α-hetero) is 1. The third kappa shape index (κ3) is 2.93. The third-order valence-corrected chi connectivity index (χ3v) is 3.42. The van der Waals surface area contributed by atoms with Gasteiger partial charge < -0.3 is 10.4 Å². The molecule has 2 unspecified atom stereocenters. The van der Waals surface area contributed by atoms with E-state index in [1.165, 1.54) is 0 Å². The summed E-state index contributed by atoms with van der Waals surface area (Å²) in [6.07, 6.45) is 1.68. The van der Waals surface area contributed by atoms with Crippen LogP contribution in [0, 0.1) is 5.92 Å². The highest BCUT2D eigenvalue weighted by atomic mass is 16.3. The smallest absolute Gasteiger partial charge is 0.159 e. The fourth-order valence-corrected chi connectivity index (χ4v) is 2.36. The van der Waals surface area contributed by atoms with Gasteiger partial charge in [0.15, 0.2) is 5.78 Å². The summed E-state index contributed by atoms with van der Waals surface area (Å²) in [5.74, 6) is 0.298. The van der Waals surface area contributed by atoms with E-state index in [2.05, 4.69) is 5.32 Å². The lowest BCUT2D eigenvalue weighted by Crippen LogP contribution is -2.33. The molecular formula is C14H19NO2. The van der Waals surface area contributed by atoms with Crippen LogP contribution in [0.1, 0.15) is 41.8 Å². The van der Waals surface area contributed by atoms with Crippen molar-refractivity contribution in [3.05, 3.63) is 35.4 Å². The number of aliphatic hydroxyl groups is 1. The molecule has 1 aliphatic rings. The Balaban J connectivity index is 2.14. The van der Waals surface area contributed by atoms with E-state index in [1.54, 1.807) is 13.0 Å². The van der Waals surface area contributed by atoms with Crippen LogP contribution in [-0.2, 0) is 0 Å². The quantitative estimate of drug-likeness (QED) is 0.784. The molecule has 1 saturated heterocycles. The minimum atomic E-state index is -0.470. The second-order valence-electron chi connectivity index (χ2n) is 4.73. The standard InChI is InChI=1S/C14H19NO2/c1-10(16)11-4-2-5-12(8-11)14(17)13-6-3-7-15-9-13/h2,4-5,8,13-15,17H,3,6-7,9H2,1H3. The number of nitrogens with one attached hydrogen (secondary N) is 1. The lowest BCUT2D eigenvalue weighted by molar-refractivity contribution is 0.0919. The number of benzene rings is 1. The molecule has 2 N–H and O–H groups in total. The van der Waals surface area contributed by atoms with E-state index in [0.717, 1.165) is 31.5 Å². The highest BCUT2D eigenvalue weighted by molar-refractivity contribution is 5.94. The molecule has 3 heteroatoms. The molecule has 0 saturated carbocycles. The van der Waals surface area contributed by atoms with Crippen molar-refractivity contribution in [2.24, 2.45) is 5.92 Å². The largest absolute Gasteiger partial charge is 0.388 e. The van der Waals surface area contributed by atoms with E-state index in [0.29, 0.717) is 5.56 Å². The third-order valence-electron chi connectivity index (χ3n) is 3.42. The summed E-state index contributed by atoms with van der Waals surface area (Å²) in [7, 11) is 0. The average Bonchev–Trinajstić information content (AvgIpc) is 2.39. The first-order chi connectivity index (χ1) is 8.18. The molecule has 17 heavy (non-hydrogen) atoms. The van der Waals surface area contributed by atoms with Gasteiger partial charge in [-0.3, -0.25) is 4.79 Å². The molecule has 0 aliphatic carbocycles. The SMILES string of the molecule is CC(=O)c1cccc(C(O)C2CCCNC2)c1. The minimum Gasteiger partial charge on any atom is -0.388 e. The molecule has 0 spiro atoms. The number of rotatable bonds is 3. The number of carbonyl (C=O) groups is 1. The number of piperidine rings is 1. The van der Waals surface area contributed by atoms with E-state index >= 15 is 0 Å². The van der Waals surface area contributed by atoms with Crippen LogP contribution in [0.4, 0.5) is 0 Å². The molecule has 0 bridgehead atoms. The second kappa shape index (κ2) is 5.43. The lowest BCUT2D eigenvalue weighted by atomic mass is 9.89. The molecule has 1 aliphatic heterocycles. The lowest BCUT2D eigenvalue weighted by Gasteiger charge is -2.27. The minimum absolute atomic E-state index is 0.0424. The number of hydrogen-bond donors (Lipinski definition) is 2. The molecular weight excluding hydrogens is 214 g/mol. The highest BCUT2D eigenvalue weighted by Gasteiger charge is 2.23. The van der Waals surface area contributed by atoms with E-state index in [1.807, 2.05) is 18.2 Å². The Bertz CT molecular complexity index is 397. The van der Waals surface area contributed by atoms with Crippen molar-refractivity contribution in [1.29, 1.82) is 0 Å². The Morgan fingerprint density at radius 1 is 1.53 bits per heavy atom. The number of carbonyl (C=O) groups excluding carboxylic acids is 1. The monoisotopic (exact) mass is 233 g/mol. The fourth-order valence-electron chi connectivity index (χ4n) is 2.36. The van der Waals surface area contributed by atoms with Gasteiger partial charge in [-0.15, -0.1) is 0 Å². The number of ketones is 1. The Hall–Kier alpha value is -1.19. The summed E-state index contributed by atoms with van der Waals surface area (Å²) in [6, 6.07) is 7.33. The first-order valence-corrected chi connectivity index (χ1v) is 6.18. The predicted octanol–water partition coefficient (Wildman–Crippen LogP) is 1.92. The van der Waals surface area contributed by atoms with Crippen molar-refractivity contribution in [2.75, 3.05) is 13.1 Å². The molecule has 0 aromatic heterocycles. The summed E-state index contributed by atoms with van der Waals surface area (Å²) in [5.41, 5.74) is 1.52. The van der Waals surface area contributed by atoms with Crippen LogP contribution in [-0.4, -0.2) is 24.0 Å². The van der Waals surface area contributed by atoms with Crippen LogP contribution < -0.4 is 5.32 Å². The molecule has 92 valence electrons. The van der Waals surface area contributed by atoms with E-state index in [-0.39, 0.29) is 11.7 Å². The van der Waals surface area contributed by atoms with Crippen molar-refractivity contribution in [3.8, 4) is 0 Å². The van der Waals surface area contributed by atoms with Gasteiger partial charge in [0.05, 0.1) is 6.10 Å². The first kappa shape index (κ1) is 12.3. The molecule has 0 radical (unpaired) electrons. The zero-order valence-electron chi connectivity index (χ0n) is 10.1. The van der Waals surface area contributed by atoms with Crippen molar-refractivity contribution in [2.45, 2.75) is 25.9 Å². The Labute approximate surface area is 102 Å². The maximum Gasteiger partial charge on any atom is 0.159 e. The van der Waals surface area contributed by atoms with Gasteiger partial charge in [0, 0.05) is 18.0 Å². The molecule has 1 heterocycles. The molecule has 1 fully saturated rings. The number of hydrogen-bond acceptors (Lipinski definition) is 3. The maximum atomic E-state index is 11.3. The van der Waals surface area contributed by atoms with E-state index in [4.69, 9.17) is 0 Å². The molecule has 0 amide bonds. The van der Waals surface area contributed by atoms with Crippen molar-refractivity contribution in [1.82, 2.24) is 5.32 Å². The van der Waals surface area contributed by atoms with Gasteiger partial charge in [-0.2, -0.15) is 0 Å². The van der Waals surface area contributed by atoms with Crippen molar-refractivity contribution in [3.63, 3.8) is 0 Å². The Morgan fingerprint density at radius 2 is 2.35 bits per heavy atom. The number of aliphatic hydroxyl groups excluding tert-OH is 1. The molecule has 2 atom stereocenters. The highest BCUT2D eigenvalue weighted by Crippen LogP contribution is 2.27. The zero-order valence-corrected chi connectivity index (χ0v) is 10.1. The summed E-state index contributed by atoms with van der Waals surface area (Å²) < 4.78 is 0. The van der Waals surface area contributed by atoms with Gasteiger partial charge in [0.2, 0.25) is 0 Å². The molecule has 1 aromatic carbocycles. The van der Waals surface area contributed by atoms with Gasteiger partial charge in [0.1, 0.15) is 0 Å². The van der Waals surface area contributed by atoms with Crippen molar-refractivity contribution >= 4 is 5.78 Å².